The van der Waals surface area contributed by atoms with Gasteiger partial charge < -0.3 is 10.3 Å². The maximum Gasteiger partial charge on any atom is 0.328 e. The van der Waals surface area contributed by atoms with E-state index in [0.29, 0.717) is 29.6 Å². The first kappa shape index (κ1) is 17.7. The fourth-order valence-electron chi connectivity index (χ4n) is 2.99. The fraction of sp³-hybridized carbons (Fsp3) is 0.250. The molecule has 0 aliphatic carbocycles. The number of hydrogen-bond acceptors (Lipinski definition) is 3. The van der Waals surface area contributed by atoms with Crippen LogP contribution in [0.15, 0.2) is 52.1 Å². The predicted molar refractivity (Wildman–Crippen MR) is 102 cm³/mol. The predicted octanol–water partition coefficient (Wildman–Crippen LogP) is 1.99. The van der Waals surface area contributed by atoms with Gasteiger partial charge in [0.25, 0.3) is 11.5 Å². The molecule has 2 aromatic carbocycles. The highest BCUT2D eigenvalue weighted by Gasteiger charge is 2.10. The van der Waals surface area contributed by atoms with Crippen molar-refractivity contribution in [3.63, 3.8) is 0 Å². The highest BCUT2D eigenvalue weighted by atomic mass is 16.2. The van der Waals surface area contributed by atoms with Crippen molar-refractivity contribution in [2.45, 2.75) is 26.8 Å². The Morgan fingerprint density at radius 1 is 1.15 bits per heavy atom. The average Bonchev–Trinajstić information content (AvgIpc) is 2.63. The van der Waals surface area contributed by atoms with Crippen molar-refractivity contribution in [2.24, 2.45) is 0 Å². The minimum absolute atomic E-state index is 0.235. The number of carbonyl (C=O) groups is 1. The van der Waals surface area contributed by atoms with Crippen LogP contribution in [0.3, 0.4) is 0 Å². The molecule has 0 saturated heterocycles. The molecule has 0 aliphatic rings. The van der Waals surface area contributed by atoms with Gasteiger partial charge in [0.1, 0.15) is 0 Å². The Morgan fingerprint density at radius 3 is 2.65 bits per heavy atom. The smallest absolute Gasteiger partial charge is 0.328 e. The zero-order valence-electron chi connectivity index (χ0n) is 14.8. The van der Waals surface area contributed by atoms with E-state index in [0.717, 1.165) is 11.0 Å². The van der Waals surface area contributed by atoms with Gasteiger partial charge >= 0.3 is 5.69 Å². The van der Waals surface area contributed by atoms with Crippen LogP contribution in [-0.2, 0) is 13.0 Å². The van der Waals surface area contributed by atoms with Crippen molar-refractivity contribution >= 4 is 16.8 Å². The van der Waals surface area contributed by atoms with Crippen LogP contribution in [0.1, 0.15) is 28.4 Å². The van der Waals surface area contributed by atoms with Crippen LogP contribution in [-0.4, -0.2) is 22.0 Å². The standard InChI is InChI=1S/C20H21N3O3/c1-3-23-19(25)16-9-8-15(12-17(16)22-20(23)26)18(24)21-11-10-14-7-5-4-6-13(14)2/h4-9,12H,3,10-11H2,1-2H3,(H,21,24)(H,22,26). The van der Waals surface area contributed by atoms with Gasteiger partial charge in [-0.05, 0) is 49.6 Å². The number of H-pyrrole nitrogens is 1. The summed E-state index contributed by atoms with van der Waals surface area (Å²) >= 11 is 0. The molecular formula is C20H21N3O3. The van der Waals surface area contributed by atoms with E-state index in [1.807, 2.05) is 31.2 Å². The van der Waals surface area contributed by atoms with E-state index in [1.165, 1.54) is 11.1 Å². The first-order valence-corrected chi connectivity index (χ1v) is 8.61. The zero-order chi connectivity index (χ0) is 18.7. The third kappa shape index (κ3) is 3.44. The third-order valence-electron chi connectivity index (χ3n) is 4.50. The molecule has 0 atom stereocenters. The molecule has 6 heteroatoms. The van der Waals surface area contributed by atoms with Gasteiger partial charge in [-0.3, -0.25) is 14.2 Å². The summed E-state index contributed by atoms with van der Waals surface area (Å²) in [5.74, 6) is -0.235. The zero-order valence-corrected chi connectivity index (χ0v) is 14.8. The van der Waals surface area contributed by atoms with E-state index in [-0.39, 0.29) is 11.5 Å². The number of aromatic nitrogens is 2. The lowest BCUT2D eigenvalue weighted by Crippen LogP contribution is -2.34. The van der Waals surface area contributed by atoms with Gasteiger partial charge in [0.15, 0.2) is 0 Å². The van der Waals surface area contributed by atoms with Crippen LogP contribution < -0.4 is 16.6 Å². The topological polar surface area (TPSA) is 84.0 Å². The Labute approximate surface area is 150 Å². The van der Waals surface area contributed by atoms with E-state index in [4.69, 9.17) is 0 Å². The number of rotatable bonds is 5. The fourth-order valence-corrected chi connectivity index (χ4v) is 2.99. The first-order valence-electron chi connectivity index (χ1n) is 8.61. The number of aryl methyl sites for hydroxylation is 1. The minimum atomic E-state index is -0.470. The number of nitrogens with zero attached hydrogens (tertiary/aromatic N) is 1. The molecule has 1 amide bonds. The summed E-state index contributed by atoms with van der Waals surface area (Å²) in [7, 11) is 0. The monoisotopic (exact) mass is 351 g/mol. The summed E-state index contributed by atoms with van der Waals surface area (Å²) in [6.45, 7) is 4.58. The molecule has 0 spiro atoms. The van der Waals surface area contributed by atoms with Crippen LogP contribution in [0.2, 0.25) is 0 Å². The molecule has 3 rings (SSSR count). The lowest BCUT2D eigenvalue weighted by atomic mass is 10.1. The maximum absolute atomic E-state index is 12.4. The highest BCUT2D eigenvalue weighted by Crippen LogP contribution is 2.10. The SMILES string of the molecule is CCn1c(=O)[nH]c2cc(C(=O)NCCc3ccccc3C)ccc2c1=O. The third-order valence-corrected chi connectivity index (χ3v) is 4.50. The number of carbonyl (C=O) groups excluding carboxylic acids is 1. The molecule has 3 aromatic rings. The largest absolute Gasteiger partial charge is 0.352 e. The first-order chi connectivity index (χ1) is 12.5. The molecule has 1 aromatic heterocycles. The Kier molecular flexibility index (Phi) is 5.02. The number of benzene rings is 2. The van der Waals surface area contributed by atoms with Crippen molar-refractivity contribution < 1.29 is 4.79 Å². The summed E-state index contributed by atoms with van der Waals surface area (Å²) in [4.78, 5) is 39.2. The Morgan fingerprint density at radius 2 is 1.92 bits per heavy atom. The second-order valence-corrected chi connectivity index (χ2v) is 6.17. The van der Waals surface area contributed by atoms with Gasteiger partial charge in [-0.2, -0.15) is 0 Å². The summed E-state index contributed by atoms with van der Waals surface area (Å²) in [5, 5.41) is 3.27. The molecule has 0 radical (unpaired) electrons. The van der Waals surface area contributed by atoms with Gasteiger partial charge in [-0.1, -0.05) is 24.3 Å². The molecule has 134 valence electrons. The average molecular weight is 351 g/mol. The summed E-state index contributed by atoms with van der Waals surface area (Å²) in [6.07, 6.45) is 0.740. The van der Waals surface area contributed by atoms with Crippen molar-refractivity contribution in [2.75, 3.05) is 6.54 Å². The van der Waals surface area contributed by atoms with E-state index in [1.54, 1.807) is 25.1 Å². The molecule has 6 nitrogen and oxygen atoms in total. The van der Waals surface area contributed by atoms with E-state index >= 15 is 0 Å². The van der Waals surface area contributed by atoms with Gasteiger partial charge in [0.2, 0.25) is 0 Å². The Bertz CT molecular complexity index is 1080. The van der Waals surface area contributed by atoms with Crippen LogP contribution >= 0.6 is 0 Å². The van der Waals surface area contributed by atoms with Gasteiger partial charge in [0.05, 0.1) is 10.9 Å². The Balaban J connectivity index is 1.77. The molecule has 26 heavy (non-hydrogen) atoms. The molecular weight excluding hydrogens is 330 g/mol. The number of aromatic amines is 1. The van der Waals surface area contributed by atoms with Gasteiger partial charge in [-0.15, -0.1) is 0 Å². The quantitative estimate of drug-likeness (QED) is 0.737. The van der Waals surface area contributed by atoms with Crippen LogP contribution in [0.5, 0.6) is 0 Å². The van der Waals surface area contributed by atoms with Gasteiger partial charge in [-0.25, -0.2) is 4.79 Å². The number of nitrogens with one attached hydrogen (secondary N) is 2. The number of amides is 1. The van der Waals surface area contributed by atoms with E-state index < -0.39 is 5.69 Å². The lowest BCUT2D eigenvalue weighted by molar-refractivity contribution is 0.0954. The summed E-state index contributed by atoms with van der Waals surface area (Å²) < 4.78 is 1.13. The van der Waals surface area contributed by atoms with Crippen molar-refractivity contribution in [1.29, 1.82) is 0 Å². The minimum Gasteiger partial charge on any atom is -0.352 e. The van der Waals surface area contributed by atoms with E-state index in [2.05, 4.69) is 10.3 Å². The second-order valence-electron chi connectivity index (χ2n) is 6.17. The number of hydrogen-bond donors (Lipinski definition) is 2. The molecule has 1 heterocycles. The van der Waals surface area contributed by atoms with Crippen LogP contribution in [0.4, 0.5) is 0 Å². The second kappa shape index (κ2) is 7.39. The van der Waals surface area contributed by atoms with Gasteiger partial charge in [0, 0.05) is 18.7 Å². The lowest BCUT2D eigenvalue weighted by Gasteiger charge is -2.09. The van der Waals surface area contributed by atoms with Crippen LogP contribution in [0.25, 0.3) is 10.9 Å². The van der Waals surface area contributed by atoms with Crippen LogP contribution in [0, 0.1) is 6.92 Å². The molecule has 0 bridgehead atoms. The maximum atomic E-state index is 12.4. The van der Waals surface area contributed by atoms with Crippen molar-refractivity contribution in [3.8, 4) is 0 Å². The Hall–Kier alpha value is -3.15. The summed E-state index contributed by atoms with van der Waals surface area (Å²) in [5.41, 5.74) is 2.34. The molecule has 0 unspecified atom stereocenters. The molecule has 0 saturated carbocycles. The molecule has 0 fully saturated rings. The summed E-state index contributed by atoms with van der Waals surface area (Å²) in [6, 6.07) is 12.8. The molecule has 2 N–H and O–H groups in total. The highest BCUT2D eigenvalue weighted by molar-refractivity contribution is 5.97. The van der Waals surface area contributed by atoms with E-state index in [9.17, 15) is 14.4 Å². The molecule has 0 aliphatic heterocycles. The number of fused-ring (bicyclic) bond motifs is 1. The normalized spacial score (nSPS) is 10.8. The van der Waals surface area contributed by atoms with Crippen molar-refractivity contribution in [3.05, 3.63) is 80.0 Å². The van der Waals surface area contributed by atoms with Crippen molar-refractivity contribution in [1.82, 2.24) is 14.9 Å².